The van der Waals surface area contributed by atoms with E-state index in [1.807, 2.05) is 26.8 Å². The number of carbonyl (C=O) groups excluding carboxylic acids is 2. The lowest BCUT2D eigenvalue weighted by molar-refractivity contribution is -0.153. The van der Waals surface area contributed by atoms with Crippen LogP contribution in [0.2, 0.25) is 0 Å². The molecule has 7 nitrogen and oxygen atoms in total. The van der Waals surface area contributed by atoms with E-state index in [1.165, 1.54) is 12.5 Å². The monoisotopic (exact) mass is 517 g/mol. The highest BCUT2D eigenvalue weighted by atomic mass is 19.1. The van der Waals surface area contributed by atoms with Crippen molar-refractivity contribution >= 4 is 17.7 Å². The number of anilines is 1. The van der Waals surface area contributed by atoms with Gasteiger partial charge < -0.3 is 24.6 Å². The van der Waals surface area contributed by atoms with Crippen molar-refractivity contribution in [1.82, 2.24) is 10.2 Å². The molecule has 1 saturated carbocycles. The number of hydrogen-bond acceptors (Lipinski definition) is 5. The Kier molecular flexibility index (Phi) is 8.66. The highest BCUT2D eigenvalue weighted by Gasteiger charge is 2.38. The number of carbonyl (C=O) groups is 2. The van der Waals surface area contributed by atoms with Crippen LogP contribution in [0, 0.1) is 11.7 Å². The van der Waals surface area contributed by atoms with E-state index in [2.05, 4.69) is 24.1 Å². The van der Waals surface area contributed by atoms with Gasteiger partial charge >= 0.3 is 6.09 Å². The van der Waals surface area contributed by atoms with Crippen LogP contribution in [0.25, 0.3) is 0 Å². The van der Waals surface area contributed by atoms with Crippen LogP contribution in [0.5, 0.6) is 0 Å². The molecular weight excluding hydrogens is 473 g/mol. The summed E-state index contributed by atoms with van der Waals surface area (Å²) >= 11 is 0. The number of amides is 2. The van der Waals surface area contributed by atoms with Crippen LogP contribution in [0.4, 0.5) is 14.9 Å². The molecule has 0 unspecified atom stereocenters. The van der Waals surface area contributed by atoms with Crippen molar-refractivity contribution in [2.24, 2.45) is 5.92 Å². The number of alkyl carbamates (subject to hydrolysis) is 1. The topological polar surface area (TPSA) is 71.1 Å². The number of fused-ring (bicyclic) bond motifs is 1. The summed E-state index contributed by atoms with van der Waals surface area (Å²) in [7, 11) is 0. The summed E-state index contributed by atoms with van der Waals surface area (Å²) in [5, 5.41) is 2.96. The minimum absolute atomic E-state index is 0.0444. The second-order valence-electron chi connectivity index (χ2n) is 12.1. The van der Waals surface area contributed by atoms with Crippen molar-refractivity contribution in [2.75, 3.05) is 24.5 Å². The largest absolute Gasteiger partial charge is 0.436 e. The minimum Gasteiger partial charge on any atom is -0.436 e. The molecule has 2 aliphatic heterocycles. The number of morpholine rings is 1. The van der Waals surface area contributed by atoms with Crippen molar-refractivity contribution < 1.29 is 23.5 Å². The molecule has 8 heteroatoms. The van der Waals surface area contributed by atoms with Gasteiger partial charge in [0.2, 0.25) is 0 Å². The van der Waals surface area contributed by atoms with Gasteiger partial charge in [0.1, 0.15) is 5.82 Å². The third-order valence-electron chi connectivity index (χ3n) is 8.03. The number of benzene rings is 1. The Labute approximate surface area is 221 Å². The van der Waals surface area contributed by atoms with Gasteiger partial charge in [-0.05, 0) is 77.1 Å². The number of halogens is 1. The highest BCUT2D eigenvalue weighted by molar-refractivity contribution is 5.83. The molecule has 0 bridgehead atoms. The molecular formula is C29H44FN3O4. The molecule has 0 radical (unpaired) electrons. The Balaban J connectivity index is 1.40. The molecule has 2 heterocycles. The van der Waals surface area contributed by atoms with Crippen LogP contribution in [0.3, 0.4) is 0 Å². The quantitative estimate of drug-likeness (QED) is 0.548. The Morgan fingerprint density at radius 3 is 2.51 bits per heavy atom. The molecule has 3 aliphatic rings. The Bertz CT molecular complexity index is 954. The van der Waals surface area contributed by atoms with Gasteiger partial charge in [0.05, 0.1) is 12.2 Å². The first kappa shape index (κ1) is 27.7. The predicted octanol–water partition coefficient (Wildman–Crippen LogP) is 5.06. The molecule has 4 rings (SSSR count). The van der Waals surface area contributed by atoms with E-state index in [4.69, 9.17) is 9.47 Å². The molecule has 206 valence electrons. The predicted molar refractivity (Wildman–Crippen MR) is 142 cm³/mol. The van der Waals surface area contributed by atoms with E-state index < -0.39 is 12.2 Å². The van der Waals surface area contributed by atoms with Gasteiger partial charge in [-0.25, -0.2) is 9.18 Å². The third kappa shape index (κ3) is 6.95. The molecule has 1 N–H and O–H groups in total. The Hall–Kier alpha value is -2.35. The summed E-state index contributed by atoms with van der Waals surface area (Å²) in [6.45, 7) is 11.7. The number of nitrogens with zero attached hydrogens (tertiary/aromatic N) is 2. The molecule has 1 aromatic carbocycles. The Morgan fingerprint density at radius 2 is 1.84 bits per heavy atom. The molecule has 0 spiro atoms. The van der Waals surface area contributed by atoms with Crippen molar-refractivity contribution in [3.63, 3.8) is 0 Å². The molecule has 0 aromatic heterocycles. The van der Waals surface area contributed by atoms with Gasteiger partial charge in [-0.15, -0.1) is 0 Å². The van der Waals surface area contributed by atoms with Crippen molar-refractivity contribution in [1.29, 1.82) is 0 Å². The number of rotatable bonds is 7. The summed E-state index contributed by atoms with van der Waals surface area (Å²) in [4.78, 5) is 30.6. The van der Waals surface area contributed by atoms with E-state index in [0.717, 1.165) is 43.4 Å². The maximum Gasteiger partial charge on any atom is 0.408 e. The summed E-state index contributed by atoms with van der Waals surface area (Å²) in [6, 6.07) is 4.66. The zero-order chi connectivity index (χ0) is 26.7. The summed E-state index contributed by atoms with van der Waals surface area (Å²) in [5.41, 5.74) is 1.78. The smallest absolute Gasteiger partial charge is 0.408 e. The van der Waals surface area contributed by atoms with Crippen molar-refractivity contribution in [3.05, 3.63) is 29.6 Å². The fraction of sp³-hybridized carbons (Fsp3) is 0.724. The van der Waals surface area contributed by atoms with Gasteiger partial charge in [0, 0.05) is 36.9 Å². The fourth-order valence-electron chi connectivity index (χ4n) is 6.36. The molecule has 1 saturated heterocycles. The fourth-order valence-corrected chi connectivity index (χ4v) is 6.36. The van der Waals surface area contributed by atoms with Gasteiger partial charge in [-0.2, -0.15) is 0 Å². The molecule has 2 fully saturated rings. The van der Waals surface area contributed by atoms with Crippen LogP contribution >= 0.6 is 0 Å². The Morgan fingerprint density at radius 1 is 1.16 bits per heavy atom. The van der Waals surface area contributed by atoms with Crippen LogP contribution in [0.15, 0.2) is 18.2 Å². The zero-order valence-corrected chi connectivity index (χ0v) is 23.1. The van der Waals surface area contributed by atoms with E-state index in [9.17, 15) is 14.0 Å². The van der Waals surface area contributed by atoms with Crippen LogP contribution in [-0.4, -0.2) is 66.4 Å². The molecule has 4 atom stereocenters. The lowest BCUT2D eigenvalue weighted by Crippen LogP contribution is -2.53. The minimum atomic E-state index is -0.792. The number of ether oxygens (including phenoxy) is 2. The zero-order valence-electron chi connectivity index (χ0n) is 23.1. The first-order valence-electron chi connectivity index (χ1n) is 14.0. The van der Waals surface area contributed by atoms with Crippen LogP contribution in [-0.2, 0) is 20.7 Å². The summed E-state index contributed by atoms with van der Waals surface area (Å²) in [5.74, 6) is 0.0435. The number of hydrogen-bond donors (Lipinski definition) is 1. The second kappa shape index (κ2) is 11.6. The van der Waals surface area contributed by atoms with Gasteiger partial charge in [0.15, 0.2) is 6.10 Å². The molecule has 1 aliphatic carbocycles. The van der Waals surface area contributed by atoms with Gasteiger partial charge in [-0.3, -0.25) is 4.79 Å². The average molecular weight is 518 g/mol. The first-order valence-corrected chi connectivity index (χ1v) is 14.0. The van der Waals surface area contributed by atoms with Crippen LogP contribution < -0.4 is 10.2 Å². The molecule has 2 amide bonds. The van der Waals surface area contributed by atoms with Gasteiger partial charge in [-0.1, -0.05) is 32.1 Å². The lowest BCUT2D eigenvalue weighted by Gasteiger charge is -2.38. The summed E-state index contributed by atoms with van der Waals surface area (Å²) < 4.78 is 25.4. The number of nitrogens with one attached hydrogen (secondary N) is 1. The average Bonchev–Trinajstić information content (AvgIpc) is 3.06. The van der Waals surface area contributed by atoms with Gasteiger partial charge in [0.25, 0.3) is 5.91 Å². The molecule has 37 heavy (non-hydrogen) atoms. The highest BCUT2D eigenvalue weighted by Crippen LogP contribution is 2.39. The van der Waals surface area contributed by atoms with Crippen molar-refractivity contribution in [3.8, 4) is 0 Å². The van der Waals surface area contributed by atoms with Crippen molar-refractivity contribution in [2.45, 2.75) is 109 Å². The maximum atomic E-state index is 13.8. The summed E-state index contributed by atoms with van der Waals surface area (Å²) in [6.07, 6.45) is 5.58. The van der Waals surface area contributed by atoms with E-state index in [-0.39, 0.29) is 35.5 Å². The van der Waals surface area contributed by atoms with E-state index in [1.54, 1.807) is 11.0 Å². The molecule has 1 aromatic rings. The standard InChI is InChI=1S/C29H44FN3O4/c1-19(16-33-25-12-11-24(30)14-23(25)15-29(33,4)5)31-28(35)37-26(13-22-9-7-6-8-10-22)27(34)32-17-20(2)36-21(3)18-32/h11-12,14,19-22,26H,6-10,13,15-18H2,1-5H3,(H,31,35)/t19-,20-,21+,26-/m0/s1. The van der Waals surface area contributed by atoms with E-state index >= 15 is 0 Å². The third-order valence-corrected chi connectivity index (χ3v) is 8.03. The first-order chi connectivity index (χ1) is 17.5. The van der Waals surface area contributed by atoms with E-state index in [0.29, 0.717) is 32.0 Å². The second-order valence-corrected chi connectivity index (χ2v) is 12.1. The van der Waals surface area contributed by atoms with Crippen LogP contribution in [0.1, 0.15) is 78.7 Å². The maximum absolute atomic E-state index is 13.8. The lowest BCUT2D eigenvalue weighted by atomic mass is 9.85. The SMILES string of the molecule is C[C@@H]1CN(C(=O)[C@H](CC2CCCCC2)OC(=O)N[C@@H](C)CN2c3ccc(F)cc3CC2(C)C)C[C@H](C)O1. The normalized spacial score (nSPS) is 25.4.